The number of nitrogens with one attached hydrogen (secondary N) is 3. The Labute approximate surface area is 305 Å². The number of amides is 1. The minimum atomic E-state index is -1.71. The zero-order chi connectivity index (χ0) is 36.6. The fourth-order valence-corrected chi connectivity index (χ4v) is 7.11. The third kappa shape index (κ3) is 10.9. The molecule has 0 aliphatic carbocycles. The van der Waals surface area contributed by atoms with E-state index in [1.807, 2.05) is 24.3 Å². The van der Waals surface area contributed by atoms with Crippen molar-refractivity contribution in [2.75, 3.05) is 80.4 Å². The van der Waals surface area contributed by atoms with Gasteiger partial charge in [0.1, 0.15) is 11.6 Å². The fourth-order valence-electron chi connectivity index (χ4n) is 6.08. The molecule has 2 aliphatic heterocycles. The molecule has 0 spiro atoms. The van der Waals surface area contributed by atoms with Crippen LogP contribution in [-0.4, -0.2) is 111 Å². The molecule has 2 aliphatic rings. The first-order valence-corrected chi connectivity index (χ1v) is 21.3. The zero-order valence-corrected chi connectivity index (χ0v) is 33.0. The number of hydrogen-bond acceptors (Lipinski definition) is 11. The quantitative estimate of drug-likeness (QED) is 0.160. The van der Waals surface area contributed by atoms with Crippen LogP contribution in [0.2, 0.25) is 18.1 Å². The Morgan fingerprint density at radius 2 is 1.63 bits per heavy atom. The van der Waals surface area contributed by atoms with E-state index in [4.69, 9.17) is 14.1 Å². The maximum absolute atomic E-state index is 13.4. The van der Waals surface area contributed by atoms with E-state index >= 15 is 0 Å². The monoisotopic (exact) mass is 717 g/mol. The third-order valence-corrected chi connectivity index (χ3v) is 14.9. The van der Waals surface area contributed by atoms with Gasteiger partial charge in [-0.1, -0.05) is 32.9 Å². The number of pyridine rings is 1. The van der Waals surface area contributed by atoms with Crippen molar-refractivity contribution >= 4 is 43.2 Å². The van der Waals surface area contributed by atoms with Gasteiger partial charge >= 0.3 is 0 Å². The van der Waals surface area contributed by atoms with Gasteiger partial charge in [0.15, 0.2) is 8.32 Å². The summed E-state index contributed by atoms with van der Waals surface area (Å²) in [7, 11) is 0.0614. The van der Waals surface area contributed by atoms with Crippen molar-refractivity contribution in [3.05, 3.63) is 59.9 Å². The lowest BCUT2D eigenvalue weighted by Crippen LogP contribution is -2.48. The molecule has 0 unspecified atom stereocenters. The van der Waals surface area contributed by atoms with Crippen molar-refractivity contribution in [1.29, 1.82) is 0 Å². The molecular formula is C38H59N9O3Si. The van der Waals surface area contributed by atoms with Gasteiger partial charge in [-0.25, -0.2) is 9.97 Å². The van der Waals surface area contributed by atoms with Gasteiger partial charge in [0, 0.05) is 89.9 Å². The second-order valence-electron chi connectivity index (χ2n) is 15.6. The van der Waals surface area contributed by atoms with Crippen LogP contribution < -0.4 is 20.9 Å². The molecule has 1 amide bonds. The van der Waals surface area contributed by atoms with Gasteiger partial charge < -0.3 is 30.0 Å². The van der Waals surface area contributed by atoms with Crippen LogP contribution >= 0.6 is 0 Å². The number of rotatable bonds is 14. The van der Waals surface area contributed by atoms with Gasteiger partial charge in [-0.15, -0.1) is 0 Å². The van der Waals surface area contributed by atoms with Gasteiger partial charge in [0.25, 0.3) is 5.91 Å². The number of hydrogen-bond donors (Lipinski definition) is 3. The zero-order valence-electron chi connectivity index (χ0n) is 32.0. The molecule has 1 aromatic carbocycles. The summed E-state index contributed by atoms with van der Waals surface area (Å²) in [6.07, 6.45) is 5.63. The first kappa shape index (κ1) is 38.6. The Kier molecular flexibility index (Phi) is 13.1. The molecule has 0 bridgehead atoms. The number of piperidine rings is 1. The summed E-state index contributed by atoms with van der Waals surface area (Å²) in [5.74, 6) is 1.78. The molecule has 51 heavy (non-hydrogen) atoms. The maximum atomic E-state index is 13.4. The highest BCUT2D eigenvalue weighted by Crippen LogP contribution is 2.36. The van der Waals surface area contributed by atoms with E-state index in [2.05, 4.69) is 100 Å². The van der Waals surface area contributed by atoms with Crippen LogP contribution in [0.5, 0.6) is 0 Å². The van der Waals surface area contributed by atoms with E-state index in [9.17, 15) is 4.79 Å². The van der Waals surface area contributed by atoms with Crippen LogP contribution in [0.15, 0.2) is 48.8 Å². The number of carbonyl (C=O) groups excluding carboxylic acids is 1. The van der Waals surface area contributed by atoms with Crippen molar-refractivity contribution in [2.45, 2.75) is 84.3 Å². The van der Waals surface area contributed by atoms with Crippen LogP contribution in [0.4, 0.5) is 29.0 Å². The lowest BCUT2D eigenvalue weighted by Gasteiger charge is -2.38. The Balaban J connectivity index is 1.13. The van der Waals surface area contributed by atoms with Crippen LogP contribution in [0, 0.1) is 0 Å². The van der Waals surface area contributed by atoms with Crippen molar-refractivity contribution < 1.29 is 14.0 Å². The number of piperazine rings is 1. The molecule has 278 valence electrons. The van der Waals surface area contributed by atoms with Gasteiger partial charge in [-0.3, -0.25) is 14.6 Å². The normalized spacial score (nSPS) is 16.8. The highest BCUT2D eigenvalue weighted by Gasteiger charge is 2.37. The van der Waals surface area contributed by atoms with Gasteiger partial charge in [0.05, 0.1) is 23.7 Å². The number of anilines is 5. The van der Waals surface area contributed by atoms with Gasteiger partial charge in [0.2, 0.25) is 5.95 Å². The van der Waals surface area contributed by atoms with E-state index in [0.29, 0.717) is 28.8 Å². The lowest BCUT2D eigenvalue weighted by atomic mass is 10.1. The van der Waals surface area contributed by atoms with Crippen molar-refractivity contribution in [1.82, 2.24) is 24.8 Å². The van der Waals surface area contributed by atoms with Crippen LogP contribution in [-0.2, 0) is 15.7 Å². The van der Waals surface area contributed by atoms with E-state index in [1.54, 1.807) is 19.5 Å². The third-order valence-electron chi connectivity index (χ3n) is 10.3. The minimum absolute atomic E-state index is 0.147. The highest BCUT2D eigenvalue weighted by molar-refractivity contribution is 6.74. The van der Waals surface area contributed by atoms with Gasteiger partial charge in [-0.05, 0) is 68.6 Å². The summed E-state index contributed by atoms with van der Waals surface area (Å²) in [4.78, 5) is 34.4. The summed E-state index contributed by atoms with van der Waals surface area (Å²) >= 11 is 0. The molecule has 0 radical (unpaired) electrons. The molecule has 5 rings (SSSR count). The van der Waals surface area contributed by atoms with Crippen LogP contribution in [0.1, 0.15) is 63.4 Å². The standard InChI is InChI=1S/C38H59N9O3Si/c1-28(2)41-32-25-35(43-34-13-16-39-37(44-34)47-17-14-31(49-6)15-18-47)40-26-33(32)42-36(48)30-11-9-29(10-12-30)27-46-21-19-45(20-22-46)23-24-50-51(7,8)38(3,4)5/h9-13,16,25-26,28,31H,14-15,17-24,27H2,1-8H3,(H,42,48)(H2,39,40,41,43,44). The lowest BCUT2D eigenvalue weighted by molar-refractivity contribution is 0.0816. The van der Waals surface area contributed by atoms with Crippen molar-refractivity contribution in [3.63, 3.8) is 0 Å². The SMILES string of the molecule is COC1CCN(c2nccc(Nc3cc(NC(C)C)c(NC(=O)c4ccc(CN5CCN(CCO[Si](C)(C)C(C)(C)C)CC5)cc4)cn3)n2)CC1. The molecule has 0 atom stereocenters. The Morgan fingerprint density at radius 3 is 2.27 bits per heavy atom. The molecule has 0 saturated carbocycles. The van der Waals surface area contributed by atoms with Crippen molar-refractivity contribution in [2.24, 2.45) is 0 Å². The Hall–Kier alpha value is -3.62. The molecule has 3 N–H and O–H groups in total. The molecule has 12 nitrogen and oxygen atoms in total. The molecule has 2 aromatic heterocycles. The predicted molar refractivity (Wildman–Crippen MR) is 210 cm³/mol. The smallest absolute Gasteiger partial charge is 0.255 e. The number of aromatic nitrogens is 3. The van der Waals surface area contributed by atoms with Crippen LogP contribution in [0.25, 0.3) is 0 Å². The molecule has 2 fully saturated rings. The minimum Gasteiger partial charge on any atom is -0.416 e. The summed E-state index contributed by atoms with van der Waals surface area (Å²) in [6.45, 7) is 24.2. The summed E-state index contributed by atoms with van der Waals surface area (Å²) in [5.41, 5.74) is 3.19. The number of carbonyl (C=O) groups is 1. The Bertz CT molecular complexity index is 1570. The summed E-state index contributed by atoms with van der Waals surface area (Å²) in [6, 6.07) is 11.8. The van der Waals surface area contributed by atoms with Crippen LogP contribution in [0.3, 0.4) is 0 Å². The molecule has 2 saturated heterocycles. The molecule has 13 heteroatoms. The first-order chi connectivity index (χ1) is 24.3. The van der Waals surface area contributed by atoms with E-state index in [0.717, 1.165) is 77.5 Å². The highest BCUT2D eigenvalue weighted by atomic mass is 28.4. The number of ether oxygens (including phenoxy) is 1. The van der Waals surface area contributed by atoms with E-state index < -0.39 is 8.32 Å². The van der Waals surface area contributed by atoms with E-state index in [1.165, 1.54) is 5.56 Å². The maximum Gasteiger partial charge on any atom is 0.255 e. The molecule has 4 heterocycles. The predicted octanol–water partition coefficient (Wildman–Crippen LogP) is 6.44. The second-order valence-corrected chi connectivity index (χ2v) is 20.4. The van der Waals surface area contributed by atoms with E-state index in [-0.39, 0.29) is 23.1 Å². The first-order valence-electron chi connectivity index (χ1n) is 18.4. The average molecular weight is 718 g/mol. The number of nitrogens with zero attached hydrogens (tertiary/aromatic N) is 6. The largest absolute Gasteiger partial charge is 0.416 e. The summed E-state index contributed by atoms with van der Waals surface area (Å²) < 4.78 is 11.9. The molecule has 3 aromatic rings. The molecular weight excluding hydrogens is 659 g/mol. The van der Waals surface area contributed by atoms with Gasteiger partial charge in [-0.2, -0.15) is 4.98 Å². The Morgan fingerprint density at radius 1 is 0.941 bits per heavy atom. The number of methoxy groups -OCH3 is 1. The topological polar surface area (TPSA) is 120 Å². The average Bonchev–Trinajstić information content (AvgIpc) is 3.10. The van der Waals surface area contributed by atoms with Crippen molar-refractivity contribution in [3.8, 4) is 0 Å². The fraction of sp³-hybridized carbons (Fsp3) is 0.579. The second kappa shape index (κ2) is 17.3. The number of benzene rings is 1. The summed E-state index contributed by atoms with van der Waals surface area (Å²) in [5, 5.41) is 10.1.